The number of aliphatic imine (C=N–C) groups is 1. The van der Waals surface area contributed by atoms with Crippen LogP contribution in [-0.2, 0) is 6.54 Å². The first kappa shape index (κ1) is 23.5. The van der Waals surface area contributed by atoms with Crippen LogP contribution in [-0.4, -0.2) is 43.7 Å². The van der Waals surface area contributed by atoms with E-state index in [2.05, 4.69) is 44.6 Å². The molecular weight excluding hydrogens is 501 g/mol. The summed E-state index contributed by atoms with van der Waals surface area (Å²) in [5.41, 5.74) is 2.33. The Morgan fingerprint density at radius 1 is 1.38 bits per heavy atom. The van der Waals surface area contributed by atoms with Gasteiger partial charge in [-0.1, -0.05) is 23.7 Å². The fourth-order valence-corrected chi connectivity index (χ4v) is 3.63. The van der Waals surface area contributed by atoms with Gasteiger partial charge in [-0.25, -0.2) is 4.98 Å². The van der Waals surface area contributed by atoms with E-state index in [1.54, 1.807) is 13.2 Å². The standard InChI is InChI=1S/C21H28ClN5O.HI/c1-4-28-19-8-7-16(12-15(19)2)13-25-21(23-3)26-17-9-11-27(14-17)20-18(22)6-5-10-24-20;/h5-8,10,12,17H,4,9,11,13-14H2,1-3H3,(H2,23,25,26);1H. The van der Waals surface area contributed by atoms with Gasteiger partial charge in [-0.05, 0) is 49.6 Å². The monoisotopic (exact) mass is 529 g/mol. The van der Waals surface area contributed by atoms with Crippen LogP contribution < -0.4 is 20.3 Å². The van der Waals surface area contributed by atoms with Crippen LogP contribution in [0, 0.1) is 6.92 Å². The molecule has 29 heavy (non-hydrogen) atoms. The number of nitrogens with zero attached hydrogens (tertiary/aromatic N) is 3. The molecule has 1 aromatic carbocycles. The lowest BCUT2D eigenvalue weighted by molar-refractivity contribution is 0.338. The number of nitrogens with one attached hydrogen (secondary N) is 2. The van der Waals surface area contributed by atoms with Crippen molar-refractivity contribution in [2.24, 2.45) is 4.99 Å². The Hall–Kier alpha value is -1.74. The molecule has 1 aliphatic heterocycles. The number of guanidine groups is 1. The zero-order valence-electron chi connectivity index (χ0n) is 17.1. The van der Waals surface area contributed by atoms with Gasteiger partial charge >= 0.3 is 0 Å². The van der Waals surface area contributed by atoms with Crippen molar-refractivity contribution < 1.29 is 4.74 Å². The number of anilines is 1. The summed E-state index contributed by atoms with van der Waals surface area (Å²) in [6, 6.07) is 10.3. The maximum absolute atomic E-state index is 6.28. The normalized spacial score (nSPS) is 16.3. The second-order valence-electron chi connectivity index (χ2n) is 6.84. The van der Waals surface area contributed by atoms with E-state index < -0.39 is 0 Å². The summed E-state index contributed by atoms with van der Waals surface area (Å²) in [7, 11) is 1.79. The second kappa shape index (κ2) is 11.4. The van der Waals surface area contributed by atoms with Gasteiger partial charge in [-0.2, -0.15) is 0 Å². The van der Waals surface area contributed by atoms with Crippen molar-refractivity contribution in [2.45, 2.75) is 32.9 Å². The van der Waals surface area contributed by atoms with E-state index in [9.17, 15) is 0 Å². The fraction of sp³-hybridized carbons (Fsp3) is 0.429. The molecule has 3 rings (SSSR count). The topological polar surface area (TPSA) is 61.8 Å². The van der Waals surface area contributed by atoms with Crippen LogP contribution in [0.15, 0.2) is 41.5 Å². The average Bonchev–Trinajstić information content (AvgIpc) is 3.16. The van der Waals surface area contributed by atoms with Gasteiger partial charge in [-0.3, -0.25) is 4.99 Å². The number of benzene rings is 1. The Bertz CT molecular complexity index is 832. The van der Waals surface area contributed by atoms with Crippen molar-refractivity contribution in [2.75, 3.05) is 31.6 Å². The number of aryl methyl sites for hydroxylation is 1. The molecule has 158 valence electrons. The van der Waals surface area contributed by atoms with Crippen molar-refractivity contribution >= 4 is 47.4 Å². The molecule has 1 aromatic heterocycles. The number of rotatable bonds is 6. The van der Waals surface area contributed by atoms with E-state index in [1.165, 1.54) is 5.56 Å². The third kappa shape index (κ3) is 6.37. The maximum Gasteiger partial charge on any atom is 0.191 e. The van der Waals surface area contributed by atoms with Gasteiger partial charge in [-0.15, -0.1) is 24.0 Å². The Kier molecular flexibility index (Phi) is 9.29. The van der Waals surface area contributed by atoms with Crippen LogP contribution in [0.25, 0.3) is 0 Å². The lowest BCUT2D eigenvalue weighted by atomic mass is 10.1. The van der Waals surface area contributed by atoms with E-state index >= 15 is 0 Å². The maximum atomic E-state index is 6.28. The molecule has 6 nitrogen and oxygen atoms in total. The summed E-state index contributed by atoms with van der Waals surface area (Å²) < 4.78 is 5.61. The third-order valence-corrected chi connectivity index (χ3v) is 5.09. The van der Waals surface area contributed by atoms with Crippen LogP contribution in [0.5, 0.6) is 5.75 Å². The minimum Gasteiger partial charge on any atom is -0.494 e. The number of hydrogen-bond donors (Lipinski definition) is 2. The van der Waals surface area contributed by atoms with Crippen molar-refractivity contribution in [3.63, 3.8) is 0 Å². The largest absolute Gasteiger partial charge is 0.494 e. The summed E-state index contributed by atoms with van der Waals surface area (Å²) in [4.78, 5) is 11.0. The molecule has 0 bridgehead atoms. The highest BCUT2D eigenvalue weighted by Gasteiger charge is 2.25. The first-order valence-electron chi connectivity index (χ1n) is 9.65. The molecule has 8 heteroatoms. The summed E-state index contributed by atoms with van der Waals surface area (Å²) in [6.07, 6.45) is 2.79. The lowest BCUT2D eigenvalue weighted by Gasteiger charge is -2.20. The van der Waals surface area contributed by atoms with Gasteiger partial charge in [0.25, 0.3) is 0 Å². The summed E-state index contributed by atoms with van der Waals surface area (Å²) in [6.45, 7) is 7.21. The Morgan fingerprint density at radius 3 is 2.90 bits per heavy atom. The van der Waals surface area contributed by atoms with E-state index in [0.717, 1.165) is 42.6 Å². The second-order valence-corrected chi connectivity index (χ2v) is 7.25. The molecule has 1 atom stereocenters. The summed E-state index contributed by atoms with van der Waals surface area (Å²) in [5, 5.41) is 7.59. The molecular formula is C21H29ClIN5O. The van der Waals surface area contributed by atoms with Crippen molar-refractivity contribution in [3.8, 4) is 5.75 Å². The van der Waals surface area contributed by atoms with Crippen LogP contribution in [0.1, 0.15) is 24.5 Å². The molecule has 2 heterocycles. The average molecular weight is 530 g/mol. The summed E-state index contributed by atoms with van der Waals surface area (Å²) >= 11 is 6.28. The van der Waals surface area contributed by atoms with Crippen molar-refractivity contribution in [3.05, 3.63) is 52.7 Å². The van der Waals surface area contributed by atoms with Gasteiger partial charge in [0.15, 0.2) is 5.96 Å². The molecule has 1 aliphatic rings. The quantitative estimate of drug-likeness (QED) is 0.336. The van der Waals surface area contributed by atoms with E-state index in [1.807, 2.05) is 25.1 Å². The third-order valence-electron chi connectivity index (χ3n) is 4.79. The number of hydrogen-bond acceptors (Lipinski definition) is 4. The molecule has 0 radical (unpaired) electrons. The molecule has 0 aliphatic carbocycles. The molecule has 0 saturated carbocycles. The zero-order chi connectivity index (χ0) is 19.9. The van der Waals surface area contributed by atoms with Gasteiger partial charge in [0.1, 0.15) is 11.6 Å². The van der Waals surface area contributed by atoms with E-state index in [-0.39, 0.29) is 24.0 Å². The zero-order valence-corrected chi connectivity index (χ0v) is 20.2. The summed E-state index contributed by atoms with van der Waals surface area (Å²) in [5.74, 6) is 2.58. The molecule has 1 fully saturated rings. The number of halogens is 2. The van der Waals surface area contributed by atoms with Crippen LogP contribution in [0.3, 0.4) is 0 Å². The van der Waals surface area contributed by atoms with E-state index in [4.69, 9.17) is 16.3 Å². The number of aromatic nitrogens is 1. The number of pyridine rings is 1. The first-order chi connectivity index (χ1) is 13.6. The molecule has 1 saturated heterocycles. The van der Waals surface area contributed by atoms with Crippen LogP contribution >= 0.6 is 35.6 Å². The molecule has 0 spiro atoms. The van der Waals surface area contributed by atoms with Gasteiger partial charge < -0.3 is 20.3 Å². The van der Waals surface area contributed by atoms with Crippen LogP contribution in [0.2, 0.25) is 5.02 Å². The van der Waals surface area contributed by atoms with Crippen molar-refractivity contribution in [1.29, 1.82) is 0 Å². The predicted molar refractivity (Wildman–Crippen MR) is 131 cm³/mol. The van der Waals surface area contributed by atoms with E-state index in [0.29, 0.717) is 24.2 Å². The Balaban J connectivity index is 0.00000300. The van der Waals surface area contributed by atoms with Gasteiger partial charge in [0, 0.05) is 38.9 Å². The molecule has 2 N–H and O–H groups in total. The molecule has 1 unspecified atom stereocenters. The Labute approximate surface area is 195 Å². The highest BCUT2D eigenvalue weighted by atomic mass is 127. The van der Waals surface area contributed by atoms with Crippen molar-refractivity contribution in [1.82, 2.24) is 15.6 Å². The lowest BCUT2D eigenvalue weighted by Crippen LogP contribution is -2.44. The molecule has 0 amide bonds. The minimum atomic E-state index is 0. The number of ether oxygens (including phenoxy) is 1. The van der Waals surface area contributed by atoms with Gasteiger partial charge in [0.05, 0.1) is 11.6 Å². The molecule has 2 aromatic rings. The van der Waals surface area contributed by atoms with Gasteiger partial charge in [0.2, 0.25) is 0 Å². The SMILES string of the molecule is CCOc1ccc(CNC(=NC)NC2CCN(c3ncccc3Cl)C2)cc1C.I. The fourth-order valence-electron chi connectivity index (χ4n) is 3.39. The highest BCUT2D eigenvalue weighted by molar-refractivity contribution is 14.0. The smallest absolute Gasteiger partial charge is 0.191 e. The predicted octanol–water partition coefficient (Wildman–Crippen LogP) is 4.00. The Morgan fingerprint density at radius 2 is 2.21 bits per heavy atom. The van der Waals surface area contributed by atoms with Crippen LogP contribution in [0.4, 0.5) is 5.82 Å². The minimum absolute atomic E-state index is 0. The highest BCUT2D eigenvalue weighted by Crippen LogP contribution is 2.25. The first-order valence-corrected chi connectivity index (χ1v) is 10.0.